The summed E-state index contributed by atoms with van der Waals surface area (Å²) >= 11 is 0. The molecule has 2 aliphatic rings. The van der Waals surface area contributed by atoms with Crippen molar-refractivity contribution in [3.63, 3.8) is 0 Å². The summed E-state index contributed by atoms with van der Waals surface area (Å²) in [5, 5.41) is 72.3. The average Bonchev–Trinajstić information content (AvgIpc) is 3.56. The van der Waals surface area contributed by atoms with Crippen LogP contribution in [0.3, 0.4) is 0 Å². The van der Waals surface area contributed by atoms with Gasteiger partial charge in [0.25, 0.3) is 5.56 Å². The fourth-order valence-electron chi connectivity index (χ4n) is 6.78. The summed E-state index contributed by atoms with van der Waals surface area (Å²) in [6.45, 7) is -0.530. The Kier molecular flexibility index (Phi) is 5.77. The number of ether oxygens (including phenoxy) is 1. The van der Waals surface area contributed by atoms with Gasteiger partial charge < -0.3 is 40.7 Å². The molecular weight excluding hydrogens is 558 g/mol. The van der Waals surface area contributed by atoms with Gasteiger partial charge in [0.05, 0.1) is 19.0 Å². The molecule has 0 saturated carbocycles. The predicted molar refractivity (Wildman–Crippen MR) is 155 cm³/mol. The molecule has 13 nitrogen and oxygen atoms in total. The Hall–Kier alpha value is -4.21. The second-order valence-corrected chi connectivity index (χ2v) is 11.3. The highest BCUT2D eigenvalue weighted by Crippen LogP contribution is 2.46. The molecule has 1 aliphatic carbocycles. The van der Waals surface area contributed by atoms with E-state index in [-0.39, 0.29) is 17.1 Å². The van der Waals surface area contributed by atoms with E-state index in [9.17, 15) is 35.4 Å². The summed E-state index contributed by atoms with van der Waals surface area (Å²) in [5.74, 6) is -0.0738. The second kappa shape index (κ2) is 9.39. The Bertz CT molecular complexity index is 2080. The topological polar surface area (TPSA) is 206 Å². The third kappa shape index (κ3) is 3.67. The van der Waals surface area contributed by atoms with Crippen molar-refractivity contribution < 1.29 is 35.4 Å². The highest BCUT2D eigenvalue weighted by atomic mass is 16.6. The molecule has 8 atom stereocenters. The molecule has 1 fully saturated rings. The van der Waals surface area contributed by atoms with Crippen LogP contribution in [0.4, 0.5) is 5.95 Å². The van der Waals surface area contributed by atoms with Crippen LogP contribution < -0.4 is 10.9 Å². The van der Waals surface area contributed by atoms with Crippen molar-refractivity contribution in [3.05, 3.63) is 76.3 Å². The summed E-state index contributed by atoms with van der Waals surface area (Å²) in [5.41, 5.74) is 0.311. The van der Waals surface area contributed by atoms with Crippen molar-refractivity contribution in [3.8, 4) is 0 Å². The molecule has 0 radical (unpaired) electrons. The zero-order chi connectivity index (χ0) is 29.7. The van der Waals surface area contributed by atoms with Crippen molar-refractivity contribution in [2.45, 2.75) is 48.9 Å². The van der Waals surface area contributed by atoms with Gasteiger partial charge in [-0.3, -0.25) is 14.3 Å². The van der Waals surface area contributed by atoms with E-state index >= 15 is 0 Å². The van der Waals surface area contributed by atoms with Gasteiger partial charge in [0.2, 0.25) is 5.95 Å². The summed E-state index contributed by atoms with van der Waals surface area (Å²) < 4.78 is 6.90. The number of aliphatic hydroxyl groups is 6. The minimum Gasteiger partial charge on any atom is -0.394 e. The molecule has 3 heterocycles. The number of nitrogens with one attached hydrogen (secondary N) is 2. The van der Waals surface area contributed by atoms with Crippen LogP contribution in [0.2, 0.25) is 0 Å². The van der Waals surface area contributed by atoms with E-state index in [1.807, 2.05) is 48.5 Å². The van der Waals surface area contributed by atoms with Crippen LogP contribution in [0.15, 0.2) is 59.7 Å². The maximum absolute atomic E-state index is 13.1. The quantitative estimate of drug-likeness (QED) is 0.134. The first-order valence-corrected chi connectivity index (χ1v) is 13.9. The highest BCUT2D eigenvalue weighted by Gasteiger charge is 2.45. The first kappa shape index (κ1) is 26.4. The Labute approximate surface area is 241 Å². The smallest absolute Gasteiger partial charge is 0.280 e. The fourth-order valence-corrected chi connectivity index (χ4v) is 6.78. The molecule has 0 spiro atoms. The number of aromatic amines is 1. The Morgan fingerprint density at radius 2 is 1.65 bits per heavy atom. The van der Waals surface area contributed by atoms with Crippen molar-refractivity contribution in [2.75, 3.05) is 11.9 Å². The third-order valence-corrected chi connectivity index (χ3v) is 8.88. The van der Waals surface area contributed by atoms with Crippen molar-refractivity contribution >= 4 is 49.4 Å². The Morgan fingerprint density at radius 1 is 0.907 bits per heavy atom. The fraction of sp³-hybridized carbons (Fsp3) is 0.300. The van der Waals surface area contributed by atoms with Crippen LogP contribution in [0.25, 0.3) is 43.5 Å². The number of imidazole rings is 1. The maximum Gasteiger partial charge on any atom is 0.280 e. The van der Waals surface area contributed by atoms with Crippen molar-refractivity contribution in [1.82, 2.24) is 19.5 Å². The van der Waals surface area contributed by atoms with E-state index in [2.05, 4.69) is 20.3 Å². The summed E-state index contributed by atoms with van der Waals surface area (Å²) in [7, 11) is 0. The number of H-pyrrole nitrogens is 1. The number of hydrogen-bond donors (Lipinski definition) is 8. The maximum atomic E-state index is 13.1. The lowest BCUT2D eigenvalue weighted by Crippen LogP contribution is -2.44. The molecule has 1 aliphatic heterocycles. The largest absolute Gasteiger partial charge is 0.394 e. The predicted octanol–water partition coefficient (Wildman–Crippen LogP) is 0.550. The molecule has 8 N–H and O–H groups in total. The number of anilines is 1. The molecule has 0 bridgehead atoms. The molecule has 13 heteroatoms. The number of benzene rings is 4. The number of fused-ring (bicyclic) bond motifs is 3. The van der Waals surface area contributed by atoms with Crippen LogP contribution in [-0.4, -0.2) is 87.3 Å². The number of rotatable bonds is 4. The van der Waals surface area contributed by atoms with E-state index in [1.165, 1.54) is 10.9 Å². The van der Waals surface area contributed by atoms with E-state index in [4.69, 9.17) is 4.74 Å². The van der Waals surface area contributed by atoms with Gasteiger partial charge in [-0.15, -0.1) is 0 Å². The lowest BCUT2D eigenvalue weighted by atomic mass is 9.77. The van der Waals surface area contributed by atoms with Crippen LogP contribution in [0.1, 0.15) is 29.5 Å². The SMILES string of the molecule is O=c1[nH]c(N[C@@H]2c3c(cc4ccc5cccc6ccc3c4c56)[C@@H](O)[C@H](O)[C@@H]2O)nc2c1ncn2[C@@H]1O[C@H](CO)[C@@H](O)[C@H]1O. The lowest BCUT2D eigenvalue weighted by molar-refractivity contribution is -0.0767. The van der Waals surface area contributed by atoms with E-state index in [1.54, 1.807) is 0 Å². The molecule has 0 unspecified atom stereocenters. The molecule has 8 rings (SSSR count). The zero-order valence-corrected chi connectivity index (χ0v) is 22.4. The lowest BCUT2D eigenvalue weighted by Gasteiger charge is -2.38. The van der Waals surface area contributed by atoms with Gasteiger partial charge in [-0.25, -0.2) is 4.98 Å². The molecule has 43 heavy (non-hydrogen) atoms. The molecule has 6 aromatic rings. The van der Waals surface area contributed by atoms with Crippen LogP contribution >= 0.6 is 0 Å². The average molecular weight is 586 g/mol. The zero-order valence-electron chi connectivity index (χ0n) is 22.4. The van der Waals surface area contributed by atoms with Crippen LogP contribution in [0.5, 0.6) is 0 Å². The molecular formula is C30H27N5O8. The van der Waals surface area contributed by atoms with Gasteiger partial charge in [-0.1, -0.05) is 42.5 Å². The molecule has 2 aromatic heterocycles. The summed E-state index contributed by atoms with van der Waals surface area (Å²) in [4.78, 5) is 24.3. The minimum absolute atomic E-state index is 0.0163. The Morgan fingerprint density at radius 3 is 2.40 bits per heavy atom. The summed E-state index contributed by atoms with van der Waals surface area (Å²) in [6.07, 6.45) is -8.19. The normalized spacial score (nSPS) is 29.3. The van der Waals surface area contributed by atoms with Gasteiger partial charge in [0, 0.05) is 0 Å². The summed E-state index contributed by atoms with van der Waals surface area (Å²) in [6, 6.07) is 14.7. The number of nitrogens with zero attached hydrogens (tertiary/aromatic N) is 3. The first-order valence-electron chi connectivity index (χ1n) is 13.9. The second-order valence-electron chi connectivity index (χ2n) is 11.3. The van der Waals surface area contributed by atoms with E-state index in [0.717, 1.165) is 32.3 Å². The van der Waals surface area contributed by atoms with Crippen LogP contribution in [0, 0.1) is 0 Å². The van der Waals surface area contributed by atoms with Crippen molar-refractivity contribution in [2.24, 2.45) is 0 Å². The van der Waals surface area contributed by atoms with Crippen molar-refractivity contribution in [1.29, 1.82) is 0 Å². The van der Waals surface area contributed by atoms with Crippen LogP contribution in [-0.2, 0) is 4.74 Å². The van der Waals surface area contributed by atoms with E-state index in [0.29, 0.717) is 11.1 Å². The molecule has 1 saturated heterocycles. The Balaban J connectivity index is 1.29. The molecule has 220 valence electrons. The number of hydrogen-bond acceptors (Lipinski definition) is 11. The highest BCUT2D eigenvalue weighted by molar-refractivity contribution is 6.24. The standard InChI is InChI=1S/C30H27N5O8/c36-9-16-23(38)26(41)29(43-16)35-10-31-21-27(35)33-30(34-28(21)42)32-20-19-14-7-6-12-3-1-2-11-4-5-13(18(14)17(11)12)8-15(19)22(37)25(40)24(20)39/h1-8,10,16,20,22-26,29,36-41H,9H2,(H2,32,33,34,42)/t16-,20-,22-,23-,24-,25+,26-,29-/m1/s1. The monoisotopic (exact) mass is 585 g/mol. The van der Waals surface area contributed by atoms with Gasteiger partial charge in [-0.2, -0.15) is 4.98 Å². The first-order chi connectivity index (χ1) is 20.8. The molecule has 0 amide bonds. The number of aliphatic hydroxyl groups excluding tert-OH is 6. The number of aromatic nitrogens is 4. The van der Waals surface area contributed by atoms with E-state index < -0.39 is 61.1 Å². The minimum atomic E-state index is -1.54. The third-order valence-electron chi connectivity index (χ3n) is 8.88. The van der Waals surface area contributed by atoms with Gasteiger partial charge >= 0.3 is 0 Å². The van der Waals surface area contributed by atoms with Gasteiger partial charge in [-0.05, 0) is 49.5 Å². The molecule has 4 aromatic carbocycles. The van der Waals surface area contributed by atoms with Gasteiger partial charge in [0.15, 0.2) is 17.4 Å². The van der Waals surface area contributed by atoms with Gasteiger partial charge in [0.1, 0.15) is 36.6 Å².